The van der Waals surface area contributed by atoms with Crippen LogP contribution in [0.25, 0.3) is 32.4 Å². The van der Waals surface area contributed by atoms with E-state index in [1.807, 2.05) is 83.4 Å². The minimum Gasteiger partial charge on any atom is -0.305 e. The fourth-order valence-corrected chi connectivity index (χ4v) is 5.21. The Labute approximate surface area is 197 Å². The average molecular weight is 498 g/mol. The van der Waals surface area contributed by atoms with Crippen LogP contribution in [0.4, 0.5) is 0 Å². The third-order valence-electron chi connectivity index (χ3n) is 5.11. The zero-order valence-electron chi connectivity index (χ0n) is 16.8. The van der Waals surface area contributed by atoms with Gasteiger partial charge in [0.25, 0.3) is 5.91 Å². The second-order valence-corrected chi connectivity index (χ2v) is 9.07. The van der Waals surface area contributed by atoms with Crippen molar-refractivity contribution in [2.45, 2.75) is 6.54 Å². The third-order valence-corrected chi connectivity index (χ3v) is 6.64. The number of aromatic nitrogens is 2. The van der Waals surface area contributed by atoms with Crippen molar-refractivity contribution in [1.82, 2.24) is 9.55 Å². The van der Waals surface area contributed by atoms with Crippen LogP contribution < -0.4 is 4.80 Å². The maximum Gasteiger partial charge on any atom is 0.280 e. The fourth-order valence-electron chi connectivity index (χ4n) is 3.63. The van der Waals surface area contributed by atoms with Crippen LogP contribution in [-0.4, -0.2) is 15.5 Å². The first kappa shape index (κ1) is 20.4. The van der Waals surface area contributed by atoms with Crippen LogP contribution in [0.5, 0.6) is 0 Å². The summed E-state index contributed by atoms with van der Waals surface area (Å²) in [7, 11) is 0. The van der Waals surface area contributed by atoms with Gasteiger partial charge in [0.2, 0.25) is 0 Å². The molecule has 6 heteroatoms. The van der Waals surface area contributed by atoms with E-state index in [0.29, 0.717) is 16.9 Å². The minimum atomic E-state index is -0.322. The smallest absolute Gasteiger partial charge is 0.280 e. The van der Waals surface area contributed by atoms with Gasteiger partial charge < -0.3 is 4.57 Å². The molecule has 0 saturated carbocycles. The number of carbonyl (C=O) groups is 1. The van der Waals surface area contributed by atoms with E-state index >= 15 is 0 Å². The maximum absolute atomic E-state index is 13.4. The highest BCUT2D eigenvalue weighted by atomic mass is 79.9. The number of pyridine rings is 1. The van der Waals surface area contributed by atoms with Crippen LogP contribution in [-0.2, 0) is 6.54 Å². The van der Waals surface area contributed by atoms with Crippen molar-refractivity contribution in [2.24, 2.45) is 4.99 Å². The van der Waals surface area contributed by atoms with Gasteiger partial charge in [0.05, 0.1) is 33.5 Å². The van der Waals surface area contributed by atoms with Crippen LogP contribution in [0.3, 0.4) is 0 Å². The summed E-state index contributed by atoms with van der Waals surface area (Å²) in [6, 6.07) is 25.2. The van der Waals surface area contributed by atoms with E-state index in [1.165, 1.54) is 11.3 Å². The topological polar surface area (TPSA) is 47.2 Å². The van der Waals surface area contributed by atoms with Crippen molar-refractivity contribution in [3.05, 3.63) is 93.7 Å². The van der Waals surface area contributed by atoms with E-state index in [4.69, 9.17) is 11.4 Å². The molecule has 0 bridgehead atoms. The third kappa shape index (κ3) is 3.77. The summed E-state index contributed by atoms with van der Waals surface area (Å²) >= 11 is 4.94. The largest absolute Gasteiger partial charge is 0.305 e. The lowest BCUT2D eigenvalue weighted by molar-refractivity contribution is 0.0999. The van der Waals surface area contributed by atoms with Gasteiger partial charge >= 0.3 is 0 Å². The lowest BCUT2D eigenvalue weighted by Crippen LogP contribution is -2.16. The summed E-state index contributed by atoms with van der Waals surface area (Å²) in [6.07, 6.45) is 5.60. The van der Waals surface area contributed by atoms with Gasteiger partial charge in [-0.15, -0.1) is 6.42 Å². The SMILES string of the molecule is C#CCn1c(=NC(=O)c2cc(-c3ccccc3)nc3ccccc23)sc2cc(Br)ccc21. The number of para-hydroxylation sites is 1. The van der Waals surface area contributed by atoms with Crippen molar-refractivity contribution in [2.75, 3.05) is 0 Å². The van der Waals surface area contributed by atoms with Gasteiger partial charge in [-0.05, 0) is 30.3 Å². The van der Waals surface area contributed by atoms with Gasteiger partial charge in [-0.25, -0.2) is 4.98 Å². The van der Waals surface area contributed by atoms with Gasteiger partial charge in [0.1, 0.15) is 0 Å². The first-order valence-electron chi connectivity index (χ1n) is 9.90. The zero-order valence-corrected chi connectivity index (χ0v) is 19.2. The Hall–Kier alpha value is -3.53. The van der Waals surface area contributed by atoms with Crippen molar-refractivity contribution < 1.29 is 4.79 Å². The number of nitrogens with zero attached hydrogens (tertiary/aromatic N) is 3. The molecule has 32 heavy (non-hydrogen) atoms. The van der Waals surface area contributed by atoms with E-state index in [0.717, 1.165) is 36.8 Å². The second kappa shape index (κ2) is 8.54. The predicted octanol–water partition coefficient (Wildman–Crippen LogP) is 6.05. The molecule has 5 rings (SSSR count). The van der Waals surface area contributed by atoms with E-state index in [2.05, 4.69) is 26.8 Å². The summed E-state index contributed by atoms with van der Waals surface area (Å²) < 4.78 is 3.86. The van der Waals surface area contributed by atoms with Gasteiger partial charge in [-0.3, -0.25) is 4.79 Å². The lowest BCUT2D eigenvalue weighted by atomic mass is 10.0. The number of amides is 1. The molecule has 0 atom stereocenters. The van der Waals surface area contributed by atoms with Crippen molar-refractivity contribution in [3.63, 3.8) is 0 Å². The van der Waals surface area contributed by atoms with Crippen LogP contribution in [0.15, 0.2) is 88.3 Å². The van der Waals surface area contributed by atoms with Crippen LogP contribution in [0.1, 0.15) is 10.4 Å². The Balaban J connectivity index is 1.72. The summed E-state index contributed by atoms with van der Waals surface area (Å²) in [5.41, 5.74) is 3.90. The maximum atomic E-state index is 13.4. The molecule has 0 saturated heterocycles. The number of benzene rings is 3. The predicted molar refractivity (Wildman–Crippen MR) is 133 cm³/mol. The molecule has 0 N–H and O–H groups in total. The molecule has 5 aromatic rings. The molecule has 0 aliphatic heterocycles. The molecule has 0 aliphatic carbocycles. The molecule has 0 fully saturated rings. The molecule has 154 valence electrons. The zero-order chi connectivity index (χ0) is 22.1. The molecule has 1 amide bonds. The van der Waals surface area contributed by atoms with Gasteiger partial charge in [-0.1, -0.05) is 81.7 Å². The normalized spacial score (nSPS) is 11.7. The number of halogens is 1. The molecule has 3 aromatic carbocycles. The lowest BCUT2D eigenvalue weighted by Gasteiger charge is -2.07. The number of fused-ring (bicyclic) bond motifs is 2. The number of terminal acetylenes is 1. The first-order chi connectivity index (χ1) is 15.6. The Bertz CT molecular complexity index is 1590. The Morgan fingerprint density at radius 3 is 2.66 bits per heavy atom. The molecule has 0 unspecified atom stereocenters. The molecule has 0 radical (unpaired) electrons. The van der Waals surface area contributed by atoms with Crippen LogP contribution >= 0.6 is 27.3 Å². The molecule has 0 aliphatic rings. The monoisotopic (exact) mass is 497 g/mol. The number of hydrogen-bond acceptors (Lipinski definition) is 3. The highest BCUT2D eigenvalue weighted by molar-refractivity contribution is 9.10. The quantitative estimate of drug-likeness (QED) is 0.284. The Morgan fingerprint density at radius 2 is 1.84 bits per heavy atom. The Morgan fingerprint density at radius 1 is 1.06 bits per heavy atom. The van der Waals surface area contributed by atoms with E-state index < -0.39 is 0 Å². The van der Waals surface area contributed by atoms with E-state index in [1.54, 1.807) is 0 Å². The molecule has 0 spiro atoms. The van der Waals surface area contributed by atoms with E-state index in [-0.39, 0.29) is 5.91 Å². The standard InChI is InChI=1S/C26H16BrN3OS/c1-2-14-30-23-13-12-18(27)15-24(23)32-26(30)29-25(31)20-16-22(17-8-4-3-5-9-17)28-21-11-7-6-10-19(20)21/h1,3-13,15-16H,14H2. The molecule has 2 aromatic heterocycles. The highest BCUT2D eigenvalue weighted by Gasteiger charge is 2.15. The van der Waals surface area contributed by atoms with Crippen LogP contribution in [0.2, 0.25) is 0 Å². The van der Waals surface area contributed by atoms with Crippen LogP contribution in [0, 0.1) is 12.3 Å². The Kier molecular flexibility index (Phi) is 5.44. The van der Waals surface area contributed by atoms with Crippen molar-refractivity contribution >= 4 is 54.3 Å². The molecule has 2 heterocycles. The van der Waals surface area contributed by atoms with E-state index in [9.17, 15) is 4.79 Å². The van der Waals surface area contributed by atoms with Crippen molar-refractivity contribution in [3.8, 4) is 23.6 Å². The molecular weight excluding hydrogens is 482 g/mol. The molecule has 4 nitrogen and oxygen atoms in total. The van der Waals surface area contributed by atoms with Gasteiger partial charge in [0.15, 0.2) is 4.80 Å². The fraction of sp³-hybridized carbons (Fsp3) is 0.0385. The first-order valence-corrected chi connectivity index (χ1v) is 11.5. The summed E-state index contributed by atoms with van der Waals surface area (Å²) in [4.78, 5) is 23.3. The number of hydrogen-bond donors (Lipinski definition) is 0. The summed E-state index contributed by atoms with van der Waals surface area (Å²) in [6.45, 7) is 0.333. The average Bonchev–Trinajstić information content (AvgIpc) is 3.15. The minimum absolute atomic E-state index is 0.322. The molecular formula is C26H16BrN3OS. The second-order valence-electron chi connectivity index (χ2n) is 7.14. The van der Waals surface area contributed by atoms with Crippen molar-refractivity contribution in [1.29, 1.82) is 0 Å². The number of rotatable bonds is 3. The van der Waals surface area contributed by atoms with Gasteiger partial charge in [-0.2, -0.15) is 4.99 Å². The number of carbonyl (C=O) groups excluding carboxylic acids is 1. The highest BCUT2D eigenvalue weighted by Crippen LogP contribution is 2.26. The summed E-state index contributed by atoms with van der Waals surface area (Å²) in [5, 5.41) is 0.772. The van der Waals surface area contributed by atoms with Gasteiger partial charge in [0, 0.05) is 15.4 Å². The number of thiazole rings is 1. The summed E-state index contributed by atoms with van der Waals surface area (Å²) in [5.74, 6) is 2.35.